The molecule has 5 rings (SSSR count). The Morgan fingerprint density at radius 2 is 2.11 bits per heavy atom. The first-order valence-electron chi connectivity index (χ1n) is 14.2. The largest absolute Gasteiger partial charge is 0.493 e. The van der Waals surface area contributed by atoms with Gasteiger partial charge in [0.15, 0.2) is 11.6 Å². The third-order valence-corrected chi connectivity index (χ3v) is 8.45. The molecule has 8 heteroatoms. The van der Waals surface area contributed by atoms with Gasteiger partial charge in [-0.25, -0.2) is 9.37 Å². The smallest absolute Gasteiger partial charge is 0.325 e. The van der Waals surface area contributed by atoms with E-state index >= 15 is 0 Å². The van der Waals surface area contributed by atoms with Gasteiger partial charge in [0.2, 0.25) is 0 Å². The van der Waals surface area contributed by atoms with Gasteiger partial charge in [0.05, 0.1) is 7.11 Å². The number of carbonyl (C=O) groups is 1. The van der Waals surface area contributed by atoms with E-state index in [0.29, 0.717) is 24.6 Å². The van der Waals surface area contributed by atoms with E-state index in [1.165, 1.54) is 25.2 Å². The van der Waals surface area contributed by atoms with Crippen LogP contribution in [-0.4, -0.2) is 72.2 Å². The normalized spacial score (nSPS) is 20.3. The van der Waals surface area contributed by atoms with Crippen LogP contribution in [0.25, 0.3) is 0 Å². The van der Waals surface area contributed by atoms with Crippen LogP contribution >= 0.6 is 0 Å². The molecular weight excluding hydrogens is 483 g/mol. The van der Waals surface area contributed by atoms with E-state index in [0.717, 1.165) is 81.5 Å². The van der Waals surface area contributed by atoms with Crippen LogP contribution < -0.4 is 10.1 Å². The van der Waals surface area contributed by atoms with Crippen LogP contribution in [0.2, 0.25) is 0 Å². The molecule has 2 aromatic rings. The summed E-state index contributed by atoms with van der Waals surface area (Å²) < 4.78 is 20.2. The van der Waals surface area contributed by atoms with E-state index < -0.39 is 17.8 Å². The minimum atomic E-state index is -0.954. The molecule has 2 atom stereocenters. The zero-order valence-corrected chi connectivity index (χ0v) is 22.7. The van der Waals surface area contributed by atoms with Crippen molar-refractivity contribution in [2.24, 2.45) is 0 Å². The molecule has 0 unspecified atom stereocenters. The van der Waals surface area contributed by atoms with E-state index in [4.69, 9.17) is 9.72 Å². The number of likely N-dealkylation sites (N-methyl/N-ethyl adjacent to an activating group) is 1. The van der Waals surface area contributed by atoms with E-state index in [9.17, 15) is 14.3 Å². The van der Waals surface area contributed by atoms with Crippen LogP contribution in [0, 0.1) is 5.82 Å². The number of unbranched alkanes of at least 4 members (excludes halogenated alkanes) is 2. The number of likely N-dealkylation sites (tertiary alicyclic amines) is 1. The predicted octanol–water partition coefficient (Wildman–Crippen LogP) is 5.01. The highest BCUT2D eigenvalue weighted by molar-refractivity contribution is 5.77. The Morgan fingerprint density at radius 3 is 2.87 bits per heavy atom. The van der Waals surface area contributed by atoms with Crippen molar-refractivity contribution in [3.8, 4) is 5.75 Å². The maximum atomic E-state index is 14.8. The minimum Gasteiger partial charge on any atom is -0.493 e. The quantitative estimate of drug-likeness (QED) is 0.378. The molecule has 7 nitrogen and oxygen atoms in total. The molecule has 2 fully saturated rings. The molecule has 1 saturated heterocycles. The lowest BCUT2D eigenvalue weighted by atomic mass is 9.99. The minimum absolute atomic E-state index is 0.0582. The van der Waals surface area contributed by atoms with Crippen molar-refractivity contribution in [2.75, 3.05) is 45.7 Å². The second-order valence-corrected chi connectivity index (χ2v) is 11.2. The molecule has 0 bridgehead atoms. The number of carboxylic acid groups (broad SMARTS) is 1. The number of anilines is 1. The van der Waals surface area contributed by atoms with Crippen molar-refractivity contribution in [3.63, 3.8) is 0 Å². The van der Waals surface area contributed by atoms with Crippen LogP contribution in [0.5, 0.6) is 5.75 Å². The number of aryl methyl sites for hydroxylation is 2. The van der Waals surface area contributed by atoms with Gasteiger partial charge in [-0.1, -0.05) is 12.5 Å². The third-order valence-electron chi connectivity index (χ3n) is 8.45. The van der Waals surface area contributed by atoms with Crippen LogP contribution in [0.1, 0.15) is 79.3 Å². The second kappa shape index (κ2) is 12.0. The van der Waals surface area contributed by atoms with Gasteiger partial charge < -0.3 is 20.1 Å². The number of fused-ring (bicyclic) bond motifs is 1. The molecule has 1 saturated carbocycles. The van der Waals surface area contributed by atoms with E-state index in [-0.39, 0.29) is 11.8 Å². The maximum Gasteiger partial charge on any atom is 0.325 e. The number of methoxy groups -OCH3 is 1. The average molecular weight is 525 g/mol. The molecule has 2 aliphatic heterocycles. The summed E-state index contributed by atoms with van der Waals surface area (Å²) in [6.45, 7) is 3.31. The molecule has 3 aliphatic rings. The summed E-state index contributed by atoms with van der Waals surface area (Å²) >= 11 is 0. The number of halogens is 1. The fraction of sp³-hybridized carbons (Fsp3) is 0.600. The fourth-order valence-electron chi connectivity index (χ4n) is 6.09. The molecule has 0 spiro atoms. The van der Waals surface area contributed by atoms with Gasteiger partial charge in [-0.15, -0.1) is 0 Å². The Balaban J connectivity index is 1.13. The van der Waals surface area contributed by atoms with Crippen molar-refractivity contribution in [1.29, 1.82) is 0 Å². The number of carboxylic acids is 1. The molecule has 1 aromatic heterocycles. The van der Waals surface area contributed by atoms with Crippen molar-refractivity contribution >= 4 is 11.8 Å². The summed E-state index contributed by atoms with van der Waals surface area (Å²) in [6, 6.07) is 7.15. The lowest BCUT2D eigenvalue weighted by molar-refractivity contribution is -0.143. The molecule has 3 heterocycles. The summed E-state index contributed by atoms with van der Waals surface area (Å²) in [5.74, 6) is 0.0416. The van der Waals surface area contributed by atoms with Crippen molar-refractivity contribution in [1.82, 2.24) is 14.8 Å². The van der Waals surface area contributed by atoms with Gasteiger partial charge in [-0.3, -0.25) is 9.69 Å². The van der Waals surface area contributed by atoms with Crippen LogP contribution in [-0.2, 0) is 17.6 Å². The molecule has 2 N–H and O–H groups in total. The van der Waals surface area contributed by atoms with Gasteiger partial charge in [0.25, 0.3) is 0 Å². The summed E-state index contributed by atoms with van der Waals surface area (Å²) in [6.07, 6.45) is 9.59. The first-order valence-corrected chi connectivity index (χ1v) is 14.2. The summed E-state index contributed by atoms with van der Waals surface area (Å²) in [5.41, 5.74) is 3.82. The SMILES string of the molecule is COc1c(F)cc(C2CC2)cc1[C@@H](C(=O)O)N1CC[C@@H](N(C)CCCCCc2ccc3c(n2)NCCC3)C1. The lowest BCUT2D eigenvalue weighted by Crippen LogP contribution is -2.38. The van der Waals surface area contributed by atoms with Crippen molar-refractivity contribution in [2.45, 2.75) is 75.8 Å². The zero-order valence-electron chi connectivity index (χ0n) is 22.7. The van der Waals surface area contributed by atoms with E-state index in [1.54, 1.807) is 0 Å². The summed E-state index contributed by atoms with van der Waals surface area (Å²) in [7, 11) is 3.55. The number of nitrogens with zero attached hydrogens (tertiary/aromatic N) is 3. The molecule has 1 aromatic carbocycles. The molecule has 206 valence electrons. The van der Waals surface area contributed by atoms with E-state index in [2.05, 4.69) is 29.4 Å². The first kappa shape index (κ1) is 26.9. The predicted molar refractivity (Wildman–Crippen MR) is 147 cm³/mol. The third kappa shape index (κ3) is 6.12. The highest BCUT2D eigenvalue weighted by atomic mass is 19.1. The molecule has 0 radical (unpaired) electrons. The Hall–Kier alpha value is -2.71. The average Bonchev–Trinajstić information content (AvgIpc) is 3.65. The molecular formula is C30H41FN4O3. The number of aromatic nitrogens is 1. The monoisotopic (exact) mass is 524 g/mol. The standard InChI is InChI=1S/C30H41FN4O3/c1-34(15-5-3-4-8-23-12-11-21-7-6-14-32-29(21)33-23)24-13-16-35(19-24)27(30(36)37)25-17-22(20-9-10-20)18-26(31)28(25)38-2/h11-12,17-18,20,24,27H,3-10,13-16,19H2,1-2H3,(H,32,33)(H,36,37)/t24-,27+/m1/s1. The Labute approximate surface area is 225 Å². The molecule has 38 heavy (non-hydrogen) atoms. The van der Waals surface area contributed by atoms with Crippen LogP contribution in [0.3, 0.4) is 0 Å². The maximum absolute atomic E-state index is 14.8. The highest BCUT2D eigenvalue weighted by Crippen LogP contribution is 2.44. The summed E-state index contributed by atoms with van der Waals surface area (Å²) in [4.78, 5) is 21.6. The van der Waals surface area contributed by atoms with E-state index in [1.807, 2.05) is 11.0 Å². The highest BCUT2D eigenvalue weighted by Gasteiger charge is 2.38. The van der Waals surface area contributed by atoms with Gasteiger partial charge in [0, 0.05) is 36.9 Å². The number of rotatable bonds is 12. The lowest BCUT2D eigenvalue weighted by Gasteiger charge is -2.28. The van der Waals surface area contributed by atoms with Crippen LogP contribution in [0.15, 0.2) is 24.3 Å². The number of hydrogen-bond donors (Lipinski definition) is 2. The fourth-order valence-corrected chi connectivity index (χ4v) is 6.09. The van der Waals surface area contributed by atoms with Gasteiger partial charge >= 0.3 is 5.97 Å². The summed E-state index contributed by atoms with van der Waals surface area (Å²) in [5, 5.41) is 13.6. The van der Waals surface area contributed by atoms with Gasteiger partial charge in [-0.05, 0) is 100 Å². The first-order chi connectivity index (χ1) is 18.4. The second-order valence-electron chi connectivity index (χ2n) is 11.2. The Morgan fingerprint density at radius 1 is 1.26 bits per heavy atom. The molecule has 0 amide bonds. The Kier molecular flexibility index (Phi) is 8.48. The van der Waals surface area contributed by atoms with Gasteiger partial charge in [0.1, 0.15) is 11.9 Å². The molecule has 1 aliphatic carbocycles. The van der Waals surface area contributed by atoms with Gasteiger partial charge in [-0.2, -0.15) is 0 Å². The van der Waals surface area contributed by atoms with Crippen LogP contribution in [0.4, 0.5) is 10.2 Å². The number of aliphatic carboxylic acids is 1. The number of pyridine rings is 1. The van der Waals surface area contributed by atoms with Crippen molar-refractivity contribution < 1.29 is 19.0 Å². The number of hydrogen-bond acceptors (Lipinski definition) is 6. The number of benzene rings is 1. The number of nitrogens with one attached hydrogen (secondary N) is 1. The van der Waals surface area contributed by atoms with Crippen molar-refractivity contribution in [3.05, 3.63) is 52.5 Å². The number of ether oxygens (including phenoxy) is 1. The zero-order chi connectivity index (χ0) is 26.6. The topological polar surface area (TPSA) is 77.9 Å². The Bertz CT molecular complexity index is 1140.